The van der Waals surface area contributed by atoms with E-state index in [1.807, 2.05) is 12.1 Å². The van der Waals surface area contributed by atoms with E-state index in [1.54, 1.807) is 12.4 Å². The van der Waals surface area contributed by atoms with Crippen molar-refractivity contribution >= 4 is 28.2 Å². The van der Waals surface area contributed by atoms with Crippen molar-refractivity contribution in [2.24, 2.45) is 11.8 Å². The first-order chi connectivity index (χ1) is 13.7. The summed E-state index contributed by atoms with van der Waals surface area (Å²) >= 11 is 0. The van der Waals surface area contributed by atoms with Crippen LogP contribution in [0.15, 0.2) is 24.5 Å². The molecule has 1 aliphatic rings. The Morgan fingerprint density at radius 2 is 2.18 bits per heavy atom. The molecule has 1 amide bonds. The molecule has 1 fully saturated rings. The van der Waals surface area contributed by atoms with Crippen molar-refractivity contribution in [3.05, 3.63) is 30.4 Å². The Morgan fingerprint density at radius 1 is 1.36 bits per heavy atom. The van der Waals surface area contributed by atoms with Crippen LogP contribution < -0.4 is 5.32 Å². The van der Waals surface area contributed by atoms with Crippen molar-refractivity contribution < 1.29 is 9.53 Å². The van der Waals surface area contributed by atoms with E-state index in [2.05, 4.69) is 26.3 Å². The first kappa shape index (κ1) is 18.2. The topological polar surface area (TPSA) is 117 Å². The number of ether oxygens (including phenoxy) is 1. The number of hydrogen-bond acceptors (Lipinski definition) is 6. The first-order valence-electron chi connectivity index (χ1n) is 9.50. The molecule has 0 spiro atoms. The van der Waals surface area contributed by atoms with Crippen LogP contribution in [-0.2, 0) is 4.74 Å². The highest BCUT2D eigenvalue weighted by atomic mass is 16.5. The molecule has 4 rings (SSSR count). The highest BCUT2D eigenvalue weighted by Gasteiger charge is 2.32. The maximum atomic E-state index is 12.0. The molecule has 144 valence electrons. The van der Waals surface area contributed by atoms with Crippen LogP contribution in [0.4, 0.5) is 4.79 Å². The molecule has 8 nitrogen and oxygen atoms in total. The molecule has 8 heteroatoms. The number of carbonyl (C=O) groups excluding carboxylic acids is 1. The van der Waals surface area contributed by atoms with Crippen molar-refractivity contribution in [2.75, 3.05) is 7.11 Å². The predicted octanol–water partition coefficient (Wildman–Crippen LogP) is 3.62. The van der Waals surface area contributed by atoms with E-state index in [4.69, 9.17) is 15.0 Å². The number of imidazole rings is 1. The van der Waals surface area contributed by atoms with E-state index in [1.165, 1.54) is 7.11 Å². The van der Waals surface area contributed by atoms with Crippen molar-refractivity contribution in [1.82, 2.24) is 25.3 Å². The standard InChI is InChI=1S/C20H22N6O2/c1-28-20(27)26-16(13-6-4-12(5-7-13)8-9-21)19-24-15-11-23-14-3-2-10-22-17(14)18(15)25-19/h2-3,10-13,16H,4-8H2,1H3,(H,24,25)(H,26,27). The molecule has 1 unspecified atom stereocenters. The highest BCUT2D eigenvalue weighted by molar-refractivity contribution is 5.98. The fraction of sp³-hybridized carbons (Fsp3) is 0.450. The third-order valence-electron chi connectivity index (χ3n) is 5.59. The minimum atomic E-state index is -0.481. The summed E-state index contributed by atoms with van der Waals surface area (Å²) in [5.41, 5.74) is 3.05. The van der Waals surface area contributed by atoms with Gasteiger partial charge in [-0.25, -0.2) is 9.78 Å². The van der Waals surface area contributed by atoms with Gasteiger partial charge >= 0.3 is 6.09 Å². The molecular formula is C20H22N6O2. The molecule has 1 aliphatic carbocycles. The smallest absolute Gasteiger partial charge is 0.407 e. The fourth-order valence-corrected chi connectivity index (χ4v) is 4.09. The van der Waals surface area contributed by atoms with Crippen LogP contribution in [0.3, 0.4) is 0 Å². The van der Waals surface area contributed by atoms with Crippen LogP contribution in [0.5, 0.6) is 0 Å². The second-order valence-electron chi connectivity index (χ2n) is 7.27. The Labute approximate surface area is 162 Å². The summed E-state index contributed by atoms with van der Waals surface area (Å²) in [6.07, 6.45) is 7.38. The maximum Gasteiger partial charge on any atom is 0.407 e. The molecule has 0 radical (unpaired) electrons. The van der Waals surface area contributed by atoms with Crippen molar-refractivity contribution in [1.29, 1.82) is 5.26 Å². The van der Waals surface area contributed by atoms with Crippen molar-refractivity contribution in [3.8, 4) is 6.07 Å². The van der Waals surface area contributed by atoms with Gasteiger partial charge in [-0.15, -0.1) is 0 Å². The number of H-pyrrole nitrogens is 1. The number of nitriles is 1. The van der Waals surface area contributed by atoms with Gasteiger partial charge in [-0.2, -0.15) is 5.26 Å². The molecule has 3 aromatic heterocycles. The van der Waals surface area contributed by atoms with Gasteiger partial charge in [-0.05, 0) is 49.7 Å². The monoisotopic (exact) mass is 378 g/mol. The van der Waals surface area contributed by atoms with Gasteiger partial charge < -0.3 is 15.0 Å². The Morgan fingerprint density at radius 3 is 2.93 bits per heavy atom. The van der Waals surface area contributed by atoms with Crippen LogP contribution >= 0.6 is 0 Å². The molecule has 1 saturated carbocycles. The summed E-state index contributed by atoms with van der Waals surface area (Å²) in [5.74, 6) is 1.35. The van der Waals surface area contributed by atoms with Gasteiger partial charge in [0.1, 0.15) is 16.9 Å². The van der Waals surface area contributed by atoms with E-state index < -0.39 is 6.09 Å². The quantitative estimate of drug-likeness (QED) is 0.716. The number of nitrogens with zero attached hydrogens (tertiary/aromatic N) is 4. The van der Waals surface area contributed by atoms with E-state index >= 15 is 0 Å². The van der Waals surface area contributed by atoms with E-state index in [-0.39, 0.29) is 12.0 Å². The van der Waals surface area contributed by atoms with Gasteiger partial charge in [0.15, 0.2) is 0 Å². The summed E-state index contributed by atoms with van der Waals surface area (Å²) in [4.78, 5) is 28.9. The average Bonchev–Trinajstić information content (AvgIpc) is 3.17. The van der Waals surface area contributed by atoms with E-state index in [9.17, 15) is 4.79 Å². The lowest BCUT2D eigenvalue weighted by atomic mass is 9.77. The first-order valence-corrected chi connectivity index (χ1v) is 9.50. The number of methoxy groups -OCH3 is 1. The number of alkyl carbamates (subject to hydrolysis) is 1. The zero-order valence-electron chi connectivity index (χ0n) is 15.7. The molecule has 1 atom stereocenters. The lowest BCUT2D eigenvalue weighted by Crippen LogP contribution is -2.35. The Bertz CT molecular complexity index is 1030. The second kappa shape index (κ2) is 7.80. The normalized spacial score (nSPS) is 20.6. The third kappa shape index (κ3) is 3.48. The number of aromatic nitrogens is 4. The molecule has 3 heterocycles. The van der Waals surface area contributed by atoms with Gasteiger partial charge in [0.05, 0.1) is 36.5 Å². The fourth-order valence-electron chi connectivity index (χ4n) is 4.09. The van der Waals surface area contributed by atoms with Crippen molar-refractivity contribution in [2.45, 2.75) is 38.1 Å². The van der Waals surface area contributed by atoms with Gasteiger partial charge in [0.25, 0.3) is 0 Å². The number of aromatic amines is 1. The minimum absolute atomic E-state index is 0.224. The molecule has 2 N–H and O–H groups in total. The number of rotatable bonds is 4. The van der Waals surface area contributed by atoms with E-state index in [0.717, 1.165) is 47.8 Å². The zero-order chi connectivity index (χ0) is 19.5. The van der Waals surface area contributed by atoms with Crippen molar-refractivity contribution in [3.63, 3.8) is 0 Å². The van der Waals surface area contributed by atoms with Gasteiger partial charge in [0, 0.05) is 12.6 Å². The third-order valence-corrected chi connectivity index (χ3v) is 5.59. The average molecular weight is 378 g/mol. The van der Waals surface area contributed by atoms with Gasteiger partial charge in [-0.1, -0.05) is 0 Å². The number of hydrogen-bond donors (Lipinski definition) is 2. The Hall–Kier alpha value is -3.21. The number of carbonyl (C=O) groups is 1. The molecule has 3 aromatic rings. The summed E-state index contributed by atoms with van der Waals surface area (Å²) in [7, 11) is 1.36. The number of amides is 1. The zero-order valence-corrected chi connectivity index (χ0v) is 15.7. The minimum Gasteiger partial charge on any atom is -0.453 e. The van der Waals surface area contributed by atoms with Gasteiger partial charge in [0.2, 0.25) is 0 Å². The molecule has 0 saturated heterocycles. The number of fused-ring (bicyclic) bond motifs is 3. The van der Waals surface area contributed by atoms with Crippen LogP contribution in [0.25, 0.3) is 22.1 Å². The highest BCUT2D eigenvalue weighted by Crippen LogP contribution is 2.38. The van der Waals surface area contributed by atoms with Crippen LogP contribution in [0.1, 0.15) is 44.0 Å². The SMILES string of the molecule is COC(=O)NC(c1nc2c(cnc3cccnc32)[nH]1)C1CCC(CC#N)CC1. The Kier molecular flexibility index (Phi) is 5.06. The largest absolute Gasteiger partial charge is 0.453 e. The molecule has 0 aliphatic heterocycles. The molecule has 0 bridgehead atoms. The van der Waals surface area contributed by atoms with E-state index in [0.29, 0.717) is 18.2 Å². The summed E-state index contributed by atoms with van der Waals surface area (Å²) in [6, 6.07) is 5.72. The lowest BCUT2D eigenvalue weighted by molar-refractivity contribution is 0.152. The maximum absolute atomic E-state index is 12.0. The molecule has 28 heavy (non-hydrogen) atoms. The number of pyridine rings is 2. The molecular weight excluding hydrogens is 356 g/mol. The van der Waals surface area contributed by atoms with Crippen LogP contribution in [0, 0.1) is 23.2 Å². The van der Waals surface area contributed by atoms with Crippen LogP contribution in [0.2, 0.25) is 0 Å². The summed E-state index contributed by atoms with van der Waals surface area (Å²) in [6.45, 7) is 0. The summed E-state index contributed by atoms with van der Waals surface area (Å²) < 4.78 is 4.84. The predicted molar refractivity (Wildman–Crippen MR) is 103 cm³/mol. The molecule has 0 aromatic carbocycles. The van der Waals surface area contributed by atoms with Crippen LogP contribution in [-0.4, -0.2) is 33.1 Å². The lowest BCUT2D eigenvalue weighted by Gasteiger charge is -2.32. The Balaban J connectivity index is 1.67. The van der Waals surface area contributed by atoms with Gasteiger partial charge in [-0.3, -0.25) is 9.97 Å². The second-order valence-corrected chi connectivity index (χ2v) is 7.27. The summed E-state index contributed by atoms with van der Waals surface area (Å²) in [5, 5.41) is 11.9. The number of nitrogens with one attached hydrogen (secondary N) is 2.